The predicted molar refractivity (Wildman–Crippen MR) is 63.8 cm³/mol. The summed E-state index contributed by atoms with van der Waals surface area (Å²) in [5.74, 6) is 0. The predicted octanol–water partition coefficient (Wildman–Crippen LogP) is 2.41. The number of benzene rings is 1. The number of rotatable bonds is 4. The van der Waals surface area contributed by atoms with Crippen molar-refractivity contribution in [3.63, 3.8) is 0 Å². The van der Waals surface area contributed by atoms with Crippen LogP contribution in [0.1, 0.15) is 17.5 Å². The quantitative estimate of drug-likeness (QED) is 0.926. The molecule has 7 heteroatoms. The molecule has 1 atom stereocenters. The van der Waals surface area contributed by atoms with Crippen molar-refractivity contribution in [1.29, 1.82) is 0 Å². The molecule has 0 spiro atoms. The minimum Gasteiger partial charge on any atom is -0.444 e. The largest absolute Gasteiger partial charge is 0.444 e. The van der Waals surface area contributed by atoms with Crippen LogP contribution in [-0.2, 0) is 17.5 Å². The Morgan fingerprint density at radius 3 is 2.50 bits per heavy atom. The molecule has 1 fully saturated rings. The van der Waals surface area contributed by atoms with Gasteiger partial charge in [0.25, 0.3) is 0 Å². The van der Waals surface area contributed by atoms with Gasteiger partial charge in [0.2, 0.25) is 0 Å². The molecular weight excluding hydrogens is 275 g/mol. The number of aliphatic hydroxyl groups is 1. The molecule has 1 saturated heterocycles. The molecule has 1 aromatic rings. The van der Waals surface area contributed by atoms with E-state index in [-0.39, 0.29) is 19.3 Å². The molecule has 0 aliphatic carbocycles. The maximum absolute atomic E-state index is 12.4. The van der Waals surface area contributed by atoms with Gasteiger partial charge in [-0.2, -0.15) is 13.2 Å². The molecule has 1 heterocycles. The van der Waals surface area contributed by atoms with Gasteiger partial charge in [0.05, 0.1) is 12.1 Å². The van der Waals surface area contributed by atoms with E-state index in [1.54, 1.807) is 0 Å². The number of aliphatic hydroxyl groups excluding tert-OH is 1. The van der Waals surface area contributed by atoms with Gasteiger partial charge in [0.1, 0.15) is 6.10 Å². The second-order valence-electron chi connectivity index (χ2n) is 4.59. The van der Waals surface area contributed by atoms with Gasteiger partial charge >= 0.3 is 12.3 Å². The lowest BCUT2D eigenvalue weighted by Gasteiger charge is -2.13. The number of ether oxygens (including phenoxy) is 1. The first-order chi connectivity index (χ1) is 9.40. The smallest absolute Gasteiger partial charge is 0.416 e. The van der Waals surface area contributed by atoms with Crippen LogP contribution in [0.2, 0.25) is 0 Å². The summed E-state index contributed by atoms with van der Waals surface area (Å²) in [5, 5.41) is 8.78. The van der Waals surface area contributed by atoms with E-state index in [2.05, 4.69) is 0 Å². The van der Waals surface area contributed by atoms with Crippen LogP contribution in [0.5, 0.6) is 0 Å². The Balaban J connectivity index is 1.99. The van der Waals surface area contributed by atoms with Crippen molar-refractivity contribution in [1.82, 2.24) is 4.90 Å². The molecular formula is C13H14F3NO3. The number of hydrogen-bond acceptors (Lipinski definition) is 3. The van der Waals surface area contributed by atoms with Crippen LogP contribution >= 0.6 is 0 Å². The minimum atomic E-state index is -4.36. The van der Waals surface area contributed by atoms with Crippen molar-refractivity contribution in [2.75, 3.05) is 13.2 Å². The van der Waals surface area contributed by atoms with Crippen molar-refractivity contribution in [3.8, 4) is 0 Å². The zero-order valence-corrected chi connectivity index (χ0v) is 10.6. The van der Waals surface area contributed by atoms with Crippen molar-refractivity contribution in [3.05, 3.63) is 35.4 Å². The summed E-state index contributed by atoms with van der Waals surface area (Å²) in [6.45, 7) is 0.450. The van der Waals surface area contributed by atoms with E-state index in [4.69, 9.17) is 9.84 Å². The van der Waals surface area contributed by atoms with Gasteiger partial charge in [-0.25, -0.2) is 4.79 Å². The summed E-state index contributed by atoms with van der Waals surface area (Å²) < 4.78 is 42.3. The third kappa shape index (κ3) is 3.41. The standard InChI is InChI=1S/C13H14F3NO3/c14-13(15,16)10-3-1-9(2-4-10)7-17-8-11(5-6-18)20-12(17)19/h1-4,11,18H,5-8H2. The number of carbonyl (C=O) groups excluding carboxylic acids is 1. The third-order valence-corrected chi connectivity index (χ3v) is 3.06. The minimum absolute atomic E-state index is 0.0773. The van der Waals surface area contributed by atoms with E-state index in [1.165, 1.54) is 17.0 Å². The Kier molecular flexibility index (Phi) is 4.17. The van der Waals surface area contributed by atoms with Crippen LogP contribution in [0.15, 0.2) is 24.3 Å². The Labute approximate surface area is 113 Å². The van der Waals surface area contributed by atoms with Gasteiger partial charge in [0.15, 0.2) is 0 Å². The van der Waals surface area contributed by atoms with Crippen molar-refractivity contribution in [2.24, 2.45) is 0 Å². The maximum atomic E-state index is 12.4. The maximum Gasteiger partial charge on any atom is 0.416 e. The first-order valence-corrected chi connectivity index (χ1v) is 6.12. The first-order valence-electron chi connectivity index (χ1n) is 6.12. The van der Waals surface area contributed by atoms with Crippen LogP contribution in [0.4, 0.5) is 18.0 Å². The molecule has 110 valence electrons. The lowest BCUT2D eigenvalue weighted by Crippen LogP contribution is -2.24. The number of nitrogens with zero attached hydrogens (tertiary/aromatic N) is 1. The highest BCUT2D eigenvalue weighted by Crippen LogP contribution is 2.29. The summed E-state index contributed by atoms with van der Waals surface area (Å²) in [5.41, 5.74) is -0.122. The van der Waals surface area contributed by atoms with Crippen LogP contribution in [0.3, 0.4) is 0 Å². The second kappa shape index (κ2) is 5.70. The Hall–Kier alpha value is -1.76. The summed E-state index contributed by atoms with van der Waals surface area (Å²) in [7, 11) is 0. The molecule has 1 amide bonds. The summed E-state index contributed by atoms with van der Waals surface area (Å²) in [4.78, 5) is 12.9. The fraction of sp³-hybridized carbons (Fsp3) is 0.462. The summed E-state index contributed by atoms with van der Waals surface area (Å²) >= 11 is 0. The van der Waals surface area contributed by atoms with Gasteiger partial charge in [-0.05, 0) is 17.7 Å². The molecule has 1 N–H and O–H groups in total. The van der Waals surface area contributed by atoms with Gasteiger partial charge < -0.3 is 14.7 Å². The normalized spacial score (nSPS) is 19.3. The second-order valence-corrected chi connectivity index (χ2v) is 4.59. The fourth-order valence-corrected chi connectivity index (χ4v) is 2.02. The number of amides is 1. The van der Waals surface area contributed by atoms with Crippen molar-refractivity contribution < 1.29 is 27.8 Å². The molecule has 2 rings (SSSR count). The fourth-order valence-electron chi connectivity index (χ4n) is 2.02. The molecule has 0 bridgehead atoms. The number of alkyl halides is 3. The van der Waals surface area contributed by atoms with E-state index >= 15 is 0 Å². The van der Waals surface area contributed by atoms with Crippen LogP contribution in [-0.4, -0.2) is 35.4 Å². The van der Waals surface area contributed by atoms with Gasteiger partial charge in [-0.1, -0.05) is 12.1 Å². The molecule has 1 aromatic carbocycles. The highest BCUT2D eigenvalue weighted by atomic mass is 19.4. The average Bonchev–Trinajstić information content (AvgIpc) is 2.70. The lowest BCUT2D eigenvalue weighted by molar-refractivity contribution is -0.137. The Morgan fingerprint density at radius 2 is 1.95 bits per heavy atom. The summed E-state index contributed by atoms with van der Waals surface area (Å²) in [6, 6.07) is 4.66. The number of cyclic esters (lactones) is 1. The van der Waals surface area contributed by atoms with Crippen LogP contribution in [0, 0.1) is 0 Å². The zero-order valence-electron chi connectivity index (χ0n) is 10.6. The number of halogens is 3. The molecule has 1 aliphatic heterocycles. The number of hydrogen-bond donors (Lipinski definition) is 1. The Bertz CT molecular complexity index is 473. The number of carbonyl (C=O) groups is 1. The third-order valence-electron chi connectivity index (χ3n) is 3.06. The van der Waals surface area contributed by atoms with Crippen molar-refractivity contribution in [2.45, 2.75) is 25.2 Å². The van der Waals surface area contributed by atoms with Gasteiger partial charge in [-0.3, -0.25) is 0 Å². The molecule has 0 radical (unpaired) electrons. The van der Waals surface area contributed by atoms with E-state index in [9.17, 15) is 18.0 Å². The van der Waals surface area contributed by atoms with Gasteiger partial charge in [-0.15, -0.1) is 0 Å². The SMILES string of the molecule is O=C1OC(CCO)CN1Cc1ccc(C(F)(F)F)cc1. The van der Waals surface area contributed by atoms with Crippen LogP contribution < -0.4 is 0 Å². The highest BCUT2D eigenvalue weighted by Gasteiger charge is 2.32. The zero-order chi connectivity index (χ0) is 14.8. The topological polar surface area (TPSA) is 49.8 Å². The highest BCUT2D eigenvalue weighted by molar-refractivity contribution is 5.69. The van der Waals surface area contributed by atoms with E-state index in [0.717, 1.165) is 12.1 Å². The first kappa shape index (κ1) is 14.6. The average molecular weight is 289 g/mol. The molecule has 4 nitrogen and oxygen atoms in total. The molecule has 0 aromatic heterocycles. The molecule has 20 heavy (non-hydrogen) atoms. The monoisotopic (exact) mass is 289 g/mol. The van der Waals surface area contributed by atoms with Crippen LogP contribution in [0.25, 0.3) is 0 Å². The molecule has 0 saturated carbocycles. The van der Waals surface area contributed by atoms with E-state index in [0.29, 0.717) is 18.5 Å². The van der Waals surface area contributed by atoms with Crippen molar-refractivity contribution >= 4 is 6.09 Å². The lowest BCUT2D eigenvalue weighted by atomic mass is 10.1. The Morgan fingerprint density at radius 1 is 1.30 bits per heavy atom. The molecule has 1 aliphatic rings. The molecule has 1 unspecified atom stereocenters. The van der Waals surface area contributed by atoms with Gasteiger partial charge in [0, 0.05) is 19.6 Å². The van der Waals surface area contributed by atoms with E-state index in [1.807, 2.05) is 0 Å². The van der Waals surface area contributed by atoms with E-state index < -0.39 is 17.8 Å². The summed E-state index contributed by atoms with van der Waals surface area (Å²) in [6.07, 6.45) is -4.88.